The molecule has 0 aliphatic heterocycles. The molecule has 0 saturated heterocycles. The molecule has 0 bridgehead atoms. The number of nitrogens with one attached hydrogen (secondary N) is 1. The van der Waals surface area contributed by atoms with Gasteiger partial charge in [0.2, 0.25) is 5.91 Å². The first-order valence-electron chi connectivity index (χ1n) is 14.4. The van der Waals surface area contributed by atoms with E-state index in [0.29, 0.717) is 12.8 Å². The van der Waals surface area contributed by atoms with Crippen LogP contribution in [-0.2, 0) is 4.79 Å². The molecule has 204 valence electrons. The molecule has 0 aliphatic carbocycles. The maximum Gasteiger partial charge on any atom is 0.249 e. The molecule has 5 N–H and O–H groups in total. The second-order valence-corrected chi connectivity index (χ2v) is 10.1. The number of aliphatic hydroxyl groups excluding tert-OH is 4. The third kappa shape index (κ3) is 18.6. The molecule has 6 heteroatoms. The van der Waals surface area contributed by atoms with Gasteiger partial charge >= 0.3 is 0 Å². The number of hydrogen-bond acceptors (Lipinski definition) is 5. The highest BCUT2D eigenvalue weighted by Crippen LogP contribution is 2.14. The summed E-state index contributed by atoms with van der Waals surface area (Å²) in [6, 6.07) is -0.973. The van der Waals surface area contributed by atoms with Crippen LogP contribution in [0.25, 0.3) is 0 Å². The Balaban J connectivity index is 3.89. The van der Waals surface area contributed by atoms with Crippen molar-refractivity contribution in [3.05, 3.63) is 0 Å². The van der Waals surface area contributed by atoms with Crippen molar-refractivity contribution in [1.82, 2.24) is 5.32 Å². The first-order valence-corrected chi connectivity index (χ1v) is 14.4. The van der Waals surface area contributed by atoms with Crippen molar-refractivity contribution in [2.45, 2.75) is 167 Å². The standard InChI is InChI=1S/C28H57NO5/c1-3-5-7-9-11-12-13-14-15-16-18-20-22-26(32)28(34)29-24(23-30)27(33)25(31)21-19-17-10-8-6-4-2/h24-27,30-33H,3-23H2,1-2H3,(H,29,34). The molecule has 0 saturated carbocycles. The van der Waals surface area contributed by atoms with Gasteiger partial charge in [-0.3, -0.25) is 4.79 Å². The minimum absolute atomic E-state index is 0.373. The Bertz CT molecular complexity index is 449. The van der Waals surface area contributed by atoms with Crippen LogP contribution in [0.2, 0.25) is 0 Å². The Morgan fingerprint density at radius 3 is 1.41 bits per heavy atom. The van der Waals surface area contributed by atoms with Crippen LogP contribution in [0.1, 0.15) is 142 Å². The van der Waals surface area contributed by atoms with E-state index in [0.717, 1.165) is 38.5 Å². The van der Waals surface area contributed by atoms with Crippen molar-refractivity contribution in [3.63, 3.8) is 0 Å². The molecule has 0 aromatic rings. The largest absolute Gasteiger partial charge is 0.394 e. The molecule has 0 aromatic carbocycles. The van der Waals surface area contributed by atoms with Crippen molar-refractivity contribution >= 4 is 5.91 Å². The maximum atomic E-state index is 12.3. The lowest BCUT2D eigenvalue weighted by molar-refractivity contribution is -0.132. The fourth-order valence-corrected chi connectivity index (χ4v) is 4.40. The normalized spacial score (nSPS) is 15.1. The quantitative estimate of drug-likeness (QED) is 0.111. The molecule has 0 fully saturated rings. The van der Waals surface area contributed by atoms with E-state index in [4.69, 9.17) is 0 Å². The molecule has 34 heavy (non-hydrogen) atoms. The summed E-state index contributed by atoms with van der Waals surface area (Å²) in [5, 5.41) is 42.8. The van der Waals surface area contributed by atoms with Gasteiger partial charge in [-0.2, -0.15) is 0 Å². The molecule has 0 rings (SSSR count). The first-order chi connectivity index (χ1) is 16.5. The van der Waals surface area contributed by atoms with Gasteiger partial charge < -0.3 is 25.7 Å². The van der Waals surface area contributed by atoms with Crippen molar-refractivity contribution < 1.29 is 25.2 Å². The molecule has 4 unspecified atom stereocenters. The topological polar surface area (TPSA) is 110 Å². The Morgan fingerprint density at radius 2 is 1.00 bits per heavy atom. The van der Waals surface area contributed by atoms with Gasteiger partial charge in [0.25, 0.3) is 0 Å². The zero-order valence-electron chi connectivity index (χ0n) is 22.4. The van der Waals surface area contributed by atoms with Crippen LogP contribution in [0.3, 0.4) is 0 Å². The van der Waals surface area contributed by atoms with Crippen LogP contribution in [-0.4, -0.2) is 57.3 Å². The average molecular weight is 488 g/mol. The van der Waals surface area contributed by atoms with Gasteiger partial charge in [0.15, 0.2) is 0 Å². The van der Waals surface area contributed by atoms with E-state index < -0.39 is 36.9 Å². The van der Waals surface area contributed by atoms with E-state index in [1.807, 2.05) is 0 Å². The second kappa shape index (κ2) is 24.0. The average Bonchev–Trinajstić information content (AvgIpc) is 2.84. The minimum Gasteiger partial charge on any atom is -0.394 e. The molecular weight excluding hydrogens is 430 g/mol. The summed E-state index contributed by atoms with van der Waals surface area (Å²) in [5.41, 5.74) is 0. The molecule has 0 heterocycles. The number of aliphatic hydroxyl groups is 4. The van der Waals surface area contributed by atoms with Crippen LogP contribution in [0.5, 0.6) is 0 Å². The smallest absolute Gasteiger partial charge is 0.249 e. The highest BCUT2D eigenvalue weighted by molar-refractivity contribution is 5.80. The van der Waals surface area contributed by atoms with Gasteiger partial charge in [-0.15, -0.1) is 0 Å². The third-order valence-corrected chi connectivity index (χ3v) is 6.82. The molecule has 0 aliphatic rings. The Labute approximate surface area is 209 Å². The van der Waals surface area contributed by atoms with E-state index >= 15 is 0 Å². The van der Waals surface area contributed by atoms with Gasteiger partial charge in [-0.1, -0.05) is 129 Å². The molecule has 0 aromatic heterocycles. The van der Waals surface area contributed by atoms with E-state index in [-0.39, 0.29) is 0 Å². The fourth-order valence-electron chi connectivity index (χ4n) is 4.40. The minimum atomic E-state index is -1.25. The third-order valence-electron chi connectivity index (χ3n) is 6.82. The summed E-state index contributed by atoms with van der Waals surface area (Å²) < 4.78 is 0. The summed E-state index contributed by atoms with van der Waals surface area (Å²) in [6.45, 7) is 3.93. The Kier molecular flexibility index (Phi) is 23.5. The molecular formula is C28H57NO5. The first kappa shape index (κ1) is 33.3. The molecule has 0 spiro atoms. The predicted octanol–water partition coefficient (Wildman–Crippen LogP) is 5.39. The monoisotopic (exact) mass is 487 g/mol. The number of unbranched alkanes of at least 4 members (excludes halogenated alkanes) is 16. The fraction of sp³-hybridized carbons (Fsp3) is 0.964. The molecule has 1 amide bonds. The van der Waals surface area contributed by atoms with E-state index in [9.17, 15) is 25.2 Å². The lowest BCUT2D eigenvalue weighted by Gasteiger charge is -2.27. The van der Waals surface area contributed by atoms with Gasteiger partial charge in [-0.05, 0) is 12.8 Å². The summed E-state index contributed by atoms with van der Waals surface area (Å²) in [5.74, 6) is -0.590. The van der Waals surface area contributed by atoms with E-state index in [1.165, 1.54) is 77.0 Å². The number of rotatable bonds is 25. The van der Waals surface area contributed by atoms with Gasteiger partial charge in [0.1, 0.15) is 12.2 Å². The predicted molar refractivity (Wildman–Crippen MR) is 141 cm³/mol. The lowest BCUT2D eigenvalue weighted by Crippen LogP contribution is -2.53. The number of amides is 1. The zero-order valence-corrected chi connectivity index (χ0v) is 22.4. The zero-order chi connectivity index (χ0) is 25.4. The Morgan fingerprint density at radius 1 is 0.618 bits per heavy atom. The summed E-state index contributed by atoms with van der Waals surface area (Å²) in [6.07, 6.45) is 18.6. The molecule has 0 radical (unpaired) electrons. The summed E-state index contributed by atoms with van der Waals surface area (Å²) in [7, 11) is 0. The van der Waals surface area contributed by atoms with E-state index in [1.54, 1.807) is 0 Å². The molecule has 6 nitrogen and oxygen atoms in total. The molecule has 4 atom stereocenters. The lowest BCUT2D eigenvalue weighted by atomic mass is 9.99. The number of carbonyl (C=O) groups is 1. The SMILES string of the molecule is CCCCCCCCCCCCCCC(O)C(=O)NC(CO)C(O)C(O)CCCCCCCC. The second-order valence-electron chi connectivity index (χ2n) is 10.1. The van der Waals surface area contributed by atoms with Crippen LogP contribution < -0.4 is 5.32 Å². The number of carbonyl (C=O) groups excluding carboxylic acids is 1. The van der Waals surface area contributed by atoms with E-state index in [2.05, 4.69) is 19.2 Å². The number of hydrogen-bond donors (Lipinski definition) is 5. The maximum absolute atomic E-state index is 12.3. The van der Waals surface area contributed by atoms with Crippen molar-refractivity contribution in [2.75, 3.05) is 6.61 Å². The van der Waals surface area contributed by atoms with Crippen molar-refractivity contribution in [3.8, 4) is 0 Å². The van der Waals surface area contributed by atoms with Gasteiger partial charge in [0, 0.05) is 0 Å². The van der Waals surface area contributed by atoms with Crippen LogP contribution in [0, 0.1) is 0 Å². The van der Waals surface area contributed by atoms with Crippen molar-refractivity contribution in [1.29, 1.82) is 0 Å². The highest BCUT2D eigenvalue weighted by atomic mass is 16.3. The highest BCUT2D eigenvalue weighted by Gasteiger charge is 2.28. The van der Waals surface area contributed by atoms with Crippen LogP contribution >= 0.6 is 0 Å². The van der Waals surface area contributed by atoms with Gasteiger partial charge in [0.05, 0.1) is 18.8 Å². The summed E-state index contributed by atoms with van der Waals surface area (Å²) >= 11 is 0. The summed E-state index contributed by atoms with van der Waals surface area (Å²) in [4.78, 5) is 12.3. The van der Waals surface area contributed by atoms with Gasteiger partial charge in [-0.25, -0.2) is 0 Å². The van der Waals surface area contributed by atoms with Crippen LogP contribution in [0.15, 0.2) is 0 Å². The van der Waals surface area contributed by atoms with Crippen LogP contribution in [0.4, 0.5) is 0 Å². The Hall–Kier alpha value is -0.690. The van der Waals surface area contributed by atoms with Crippen molar-refractivity contribution in [2.24, 2.45) is 0 Å².